The molecule has 18 heavy (non-hydrogen) atoms. The van der Waals surface area contributed by atoms with Gasteiger partial charge in [-0.15, -0.1) is 0 Å². The Morgan fingerprint density at radius 3 is 2.72 bits per heavy atom. The second-order valence-corrected chi connectivity index (χ2v) is 4.92. The molecule has 2 aliphatic rings. The van der Waals surface area contributed by atoms with Crippen molar-refractivity contribution in [1.82, 2.24) is 10.2 Å². The van der Waals surface area contributed by atoms with E-state index in [-0.39, 0.29) is 11.8 Å². The van der Waals surface area contributed by atoms with Gasteiger partial charge in [-0.05, 0) is 29.7 Å². The van der Waals surface area contributed by atoms with E-state index in [1.807, 2.05) is 6.07 Å². The molecule has 0 bridgehead atoms. The van der Waals surface area contributed by atoms with Crippen molar-refractivity contribution in [2.45, 2.75) is 19.5 Å². The minimum absolute atomic E-state index is 0.0394. The Morgan fingerprint density at radius 2 is 1.94 bits per heavy atom. The van der Waals surface area contributed by atoms with Gasteiger partial charge in [0.2, 0.25) is 0 Å². The molecule has 0 unspecified atom stereocenters. The SMILES string of the molecule is CN1CCCN(c2cc3c(cc2O)CNC3)C1=O. The zero-order chi connectivity index (χ0) is 12.7. The predicted octanol–water partition coefficient (Wildman–Crippen LogP) is 1.26. The number of anilines is 1. The number of urea groups is 1. The van der Waals surface area contributed by atoms with Crippen LogP contribution in [0.1, 0.15) is 17.5 Å². The maximum absolute atomic E-state index is 12.1. The highest BCUT2D eigenvalue weighted by Gasteiger charge is 2.27. The van der Waals surface area contributed by atoms with E-state index in [9.17, 15) is 9.90 Å². The average molecular weight is 247 g/mol. The van der Waals surface area contributed by atoms with Crippen LogP contribution in [-0.2, 0) is 13.1 Å². The molecule has 0 radical (unpaired) electrons. The summed E-state index contributed by atoms with van der Waals surface area (Å²) in [4.78, 5) is 15.5. The monoisotopic (exact) mass is 247 g/mol. The Morgan fingerprint density at radius 1 is 1.22 bits per heavy atom. The number of hydrogen-bond donors (Lipinski definition) is 2. The van der Waals surface area contributed by atoms with E-state index in [1.54, 1.807) is 22.9 Å². The zero-order valence-corrected chi connectivity index (χ0v) is 10.4. The van der Waals surface area contributed by atoms with Crippen molar-refractivity contribution in [3.63, 3.8) is 0 Å². The van der Waals surface area contributed by atoms with Gasteiger partial charge >= 0.3 is 6.03 Å². The van der Waals surface area contributed by atoms with Crippen LogP contribution in [0.5, 0.6) is 5.75 Å². The minimum atomic E-state index is -0.0394. The van der Waals surface area contributed by atoms with Gasteiger partial charge < -0.3 is 15.3 Å². The van der Waals surface area contributed by atoms with E-state index in [2.05, 4.69) is 5.32 Å². The number of carbonyl (C=O) groups excluding carboxylic acids is 1. The van der Waals surface area contributed by atoms with Crippen LogP contribution >= 0.6 is 0 Å². The van der Waals surface area contributed by atoms with Crippen LogP contribution in [0.15, 0.2) is 12.1 Å². The smallest absolute Gasteiger partial charge is 0.324 e. The first-order valence-electron chi connectivity index (χ1n) is 6.25. The summed E-state index contributed by atoms with van der Waals surface area (Å²) in [6.45, 7) is 3.04. The van der Waals surface area contributed by atoms with E-state index in [4.69, 9.17) is 0 Å². The minimum Gasteiger partial charge on any atom is -0.506 e. The van der Waals surface area contributed by atoms with Gasteiger partial charge in [-0.3, -0.25) is 4.90 Å². The standard InChI is InChI=1S/C13H17N3O2/c1-15-3-2-4-16(13(15)18)11-5-9-7-14-8-10(9)6-12(11)17/h5-6,14,17H,2-4,7-8H2,1H3. The average Bonchev–Trinajstić information content (AvgIpc) is 2.79. The van der Waals surface area contributed by atoms with E-state index in [1.165, 1.54) is 5.56 Å². The number of aromatic hydroxyl groups is 1. The van der Waals surface area contributed by atoms with E-state index in [0.29, 0.717) is 12.2 Å². The highest BCUT2D eigenvalue weighted by Crippen LogP contribution is 2.34. The highest BCUT2D eigenvalue weighted by molar-refractivity contribution is 5.94. The molecule has 2 heterocycles. The van der Waals surface area contributed by atoms with Crippen molar-refractivity contribution >= 4 is 11.7 Å². The van der Waals surface area contributed by atoms with E-state index >= 15 is 0 Å². The lowest BCUT2D eigenvalue weighted by atomic mass is 10.1. The van der Waals surface area contributed by atoms with Crippen LogP contribution in [0, 0.1) is 0 Å². The lowest BCUT2D eigenvalue weighted by molar-refractivity contribution is 0.207. The maximum Gasteiger partial charge on any atom is 0.324 e. The van der Waals surface area contributed by atoms with Gasteiger partial charge in [0.1, 0.15) is 5.75 Å². The van der Waals surface area contributed by atoms with Crippen LogP contribution in [0.4, 0.5) is 10.5 Å². The number of rotatable bonds is 1. The summed E-state index contributed by atoms with van der Waals surface area (Å²) in [5.41, 5.74) is 2.92. The third-order valence-electron chi connectivity index (χ3n) is 3.65. The Hall–Kier alpha value is -1.75. The largest absolute Gasteiger partial charge is 0.506 e. The number of benzene rings is 1. The van der Waals surface area contributed by atoms with Crippen molar-refractivity contribution < 1.29 is 9.90 Å². The maximum atomic E-state index is 12.1. The molecule has 3 rings (SSSR count). The van der Waals surface area contributed by atoms with Crippen LogP contribution in [0.25, 0.3) is 0 Å². The summed E-state index contributed by atoms with van der Waals surface area (Å²) in [7, 11) is 1.79. The third kappa shape index (κ3) is 1.71. The van der Waals surface area contributed by atoms with Gasteiger partial charge in [-0.2, -0.15) is 0 Å². The van der Waals surface area contributed by atoms with Crippen molar-refractivity contribution in [3.8, 4) is 5.75 Å². The Labute approximate surface area is 106 Å². The fraction of sp³-hybridized carbons (Fsp3) is 0.462. The molecule has 0 aromatic heterocycles. The number of phenolic OH excluding ortho intramolecular Hbond substituents is 1. The molecule has 2 N–H and O–H groups in total. The van der Waals surface area contributed by atoms with Crippen LogP contribution in [0.2, 0.25) is 0 Å². The summed E-state index contributed by atoms with van der Waals surface area (Å²) >= 11 is 0. The Bertz CT molecular complexity index is 501. The summed E-state index contributed by atoms with van der Waals surface area (Å²) in [6, 6.07) is 3.66. The summed E-state index contributed by atoms with van der Waals surface area (Å²) in [6.07, 6.45) is 0.928. The van der Waals surface area contributed by atoms with Gasteiger partial charge in [-0.1, -0.05) is 0 Å². The molecule has 0 spiro atoms. The Kier molecular flexibility index (Phi) is 2.63. The molecule has 1 saturated heterocycles. The number of phenols is 1. The van der Waals surface area contributed by atoms with Crippen molar-refractivity contribution in [1.29, 1.82) is 0 Å². The van der Waals surface area contributed by atoms with Crippen molar-refractivity contribution in [3.05, 3.63) is 23.3 Å². The molecule has 2 aliphatic heterocycles. The fourth-order valence-electron chi connectivity index (χ4n) is 2.63. The van der Waals surface area contributed by atoms with Crippen LogP contribution in [0.3, 0.4) is 0 Å². The number of nitrogens with one attached hydrogen (secondary N) is 1. The number of nitrogens with zero attached hydrogens (tertiary/aromatic N) is 2. The van der Waals surface area contributed by atoms with Crippen LogP contribution in [-0.4, -0.2) is 36.2 Å². The Balaban J connectivity index is 1.99. The summed E-state index contributed by atoms with van der Waals surface area (Å²) < 4.78 is 0. The summed E-state index contributed by atoms with van der Waals surface area (Å²) in [5, 5.41) is 13.3. The molecule has 1 fully saturated rings. The van der Waals surface area contributed by atoms with Crippen LogP contribution < -0.4 is 10.2 Å². The second kappa shape index (κ2) is 4.17. The number of carbonyl (C=O) groups is 1. The molecule has 5 nitrogen and oxygen atoms in total. The second-order valence-electron chi connectivity index (χ2n) is 4.92. The molecule has 5 heteroatoms. The molecule has 2 amide bonds. The van der Waals surface area contributed by atoms with E-state index in [0.717, 1.165) is 31.6 Å². The van der Waals surface area contributed by atoms with Gasteiger partial charge in [-0.25, -0.2) is 4.79 Å². The van der Waals surface area contributed by atoms with Crippen molar-refractivity contribution in [2.75, 3.05) is 25.0 Å². The first-order valence-corrected chi connectivity index (χ1v) is 6.25. The molecule has 0 atom stereocenters. The normalized spacial score (nSPS) is 19.3. The summed E-state index contributed by atoms with van der Waals surface area (Å²) in [5.74, 6) is 0.195. The van der Waals surface area contributed by atoms with Gasteiger partial charge in [0.05, 0.1) is 5.69 Å². The lowest BCUT2D eigenvalue weighted by Crippen LogP contribution is -2.47. The number of hydrogen-bond acceptors (Lipinski definition) is 3. The molecule has 0 saturated carbocycles. The molecular formula is C13H17N3O2. The molecule has 1 aromatic rings. The van der Waals surface area contributed by atoms with E-state index < -0.39 is 0 Å². The first-order chi connectivity index (χ1) is 8.66. The van der Waals surface area contributed by atoms with Crippen molar-refractivity contribution in [2.24, 2.45) is 0 Å². The fourth-order valence-corrected chi connectivity index (χ4v) is 2.63. The predicted molar refractivity (Wildman–Crippen MR) is 68.6 cm³/mol. The number of fused-ring (bicyclic) bond motifs is 1. The topological polar surface area (TPSA) is 55.8 Å². The zero-order valence-electron chi connectivity index (χ0n) is 10.4. The van der Waals surface area contributed by atoms with Gasteiger partial charge in [0, 0.05) is 33.2 Å². The quantitative estimate of drug-likeness (QED) is 0.785. The molecule has 0 aliphatic carbocycles. The van der Waals surface area contributed by atoms with Gasteiger partial charge in [0.15, 0.2) is 0 Å². The van der Waals surface area contributed by atoms with Gasteiger partial charge in [0.25, 0.3) is 0 Å². The lowest BCUT2D eigenvalue weighted by Gasteiger charge is -2.33. The first kappa shape index (κ1) is 11.3. The molecular weight excluding hydrogens is 230 g/mol. The molecule has 1 aromatic carbocycles. The number of amides is 2. The third-order valence-corrected chi connectivity index (χ3v) is 3.65. The highest BCUT2D eigenvalue weighted by atomic mass is 16.3. The molecule has 96 valence electrons.